The van der Waals surface area contributed by atoms with E-state index >= 15 is 0 Å². The molecular formula is C17H24N2O. The Labute approximate surface area is 121 Å². The number of nitrogens with one attached hydrogen (secondary N) is 1. The van der Waals surface area contributed by atoms with E-state index in [2.05, 4.69) is 42.6 Å². The number of fused-ring (bicyclic) bond motifs is 1. The minimum Gasteiger partial charge on any atom is -0.494 e. The van der Waals surface area contributed by atoms with Crippen LogP contribution in [0.2, 0.25) is 0 Å². The summed E-state index contributed by atoms with van der Waals surface area (Å²) in [4.78, 5) is 5.73. The third-order valence-corrected chi connectivity index (χ3v) is 3.59. The molecule has 3 nitrogen and oxygen atoms in total. The third-order valence-electron chi connectivity index (χ3n) is 3.59. The van der Waals surface area contributed by atoms with Gasteiger partial charge < -0.3 is 14.6 Å². The topological polar surface area (TPSA) is 28.3 Å². The van der Waals surface area contributed by atoms with Crippen molar-refractivity contribution in [3.05, 3.63) is 42.1 Å². The predicted octanol–water partition coefficient (Wildman–Crippen LogP) is 3.54. The van der Waals surface area contributed by atoms with E-state index in [1.165, 1.54) is 22.2 Å². The highest BCUT2D eigenvalue weighted by molar-refractivity contribution is 5.86. The van der Waals surface area contributed by atoms with Gasteiger partial charge in [-0.25, -0.2) is 0 Å². The summed E-state index contributed by atoms with van der Waals surface area (Å²) in [6.45, 7) is 10.6. The first-order chi connectivity index (χ1) is 9.65. The second-order valence-corrected chi connectivity index (χ2v) is 5.17. The highest BCUT2D eigenvalue weighted by atomic mass is 16.5. The van der Waals surface area contributed by atoms with Gasteiger partial charge in [-0.3, -0.25) is 0 Å². The zero-order chi connectivity index (χ0) is 14.5. The van der Waals surface area contributed by atoms with Gasteiger partial charge in [-0.1, -0.05) is 6.08 Å². The number of nitrogens with zero attached hydrogens (tertiary/aromatic N) is 1. The van der Waals surface area contributed by atoms with Gasteiger partial charge in [0, 0.05) is 29.7 Å². The molecule has 1 aromatic carbocycles. The number of rotatable bonds is 7. The normalized spacial score (nSPS) is 11.2. The van der Waals surface area contributed by atoms with Crippen LogP contribution in [0.5, 0.6) is 5.75 Å². The lowest BCUT2D eigenvalue weighted by atomic mass is 10.1. The zero-order valence-corrected chi connectivity index (χ0v) is 12.7. The van der Waals surface area contributed by atoms with Gasteiger partial charge in [-0.15, -0.1) is 6.58 Å². The minimum absolute atomic E-state index is 0.701. The lowest BCUT2D eigenvalue weighted by Crippen LogP contribution is -2.21. The van der Waals surface area contributed by atoms with Gasteiger partial charge in [-0.05, 0) is 51.1 Å². The maximum atomic E-state index is 5.60. The molecule has 108 valence electrons. The van der Waals surface area contributed by atoms with Crippen LogP contribution in [0.15, 0.2) is 30.9 Å². The van der Waals surface area contributed by atoms with Crippen molar-refractivity contribution in [3.63, 3.8) is 0 Å². The van der Waals surface area contributed by atoms with Crippen LogP contribution in [-0.4, -0.2) is 36.6 Å². The van der Waals surface area contributed by atoms with Gasteiger partial charge >= 0.3 is 0 Å². The first-order valence-corrected chi connectivity index (χ1v) is 7.19. The van der Waals surface area contributed by atoms with Gasteiger partial charge in [0.05, 0.1) is 6.61 Å². The van der Waals surface area contributed by atoms with Crippen molar-refractivity contribution >= 4 is 10.9 Å². The molecule has 0 fully saturated rings. The standard InChI is InChI=1S/C17H24N2O/c1-5-10-19(4)11-9-15-13(3)18-17-8-7-14(20-6-2)12-16(15)17/h5,7-8,12,18H,1,6,9-11H2,2-4H3. The highest BCUT2D eigenvalue weighted by Crippen LogP contribution is 2.27. The molecule has 0 unspecified atom stereocenters. The molecular weight excluding hydrogens is 248 g/mol. The lowest BCUT2D eigenvalue weighted by molar-refractivity contribution is 0.340. The van der Waals surface area contributed by atoms with Crippen LogP contribution < -0.4 is 4.74 Å². The summed E-state index contributed by atoms with van der Waals surface area (Å²) in [6, 6.07) is 6.27. The van der Waals surface area contributed by atoms with E-state index in [0.717, 1.165) is 25.3 Å². The van der Waals surface area contributed by atoms with Gasteiger partial charge in [-0.2, -0.15) is 0 Å². The number of benzene rings is 1. The molecule has 20 heavy (non-hydrogen) atoms. The van der Waals surface area contributed by atoms with Crippen molar-refractivity contribution in [2.24, 2.45) is 0 Å². The van der Waals surface area contributed by atoms with Gasteiger partial charge in [0.2, 0.25) is 0 Å². The largest absolute Gasteiger partial charge is 0.494 e. The fraction of sp³-hybridized carbons (Fsp3) is 0.412. The average molecular weight is 272 g/mol. The van der Waals surface area contributed by atoms with E-state index in [4.69, 9.17) is 4.74 Å². The van der Waals surface area contributed by atoms with Crippen LogP contribution in [0.25, 0.3) is 10.9 Å². The fourth-order valence-electron chi connectivity index (χ4n) is 2.55. The summed E-state index contributed by atoms with van der Waals surface area (Å²) < 4.78 is 5.60. The number of hydrogen-bond acceptors (Lipinski definition) is 2. The van der Waals surface area contributed by atoms with Gasteiger partial charge in [0.1, 0.15) is 5.75 Å². The SMILES string of the molecule is C=CCN(C)CCc1c(C)[nH]c2ccc(OCC)cc12. The molecule has 0 saturated carbocycles. The van der Waals surface area contributed by atoms with Crippen LogP contribution in [0.1, 0.15) is 18.2 Å². The number of hydrogen-bond donors (Lipinski definition) is 1. The van der Waals surface area contributed by atoms with E-state index < -0.39 is 0 Å². The summed E-state index contributed by atoms with van der Waals surface area (Å²) in [7, 11) is 2.12. The predicted molar refractivity (Wildman–Crippen MR) is 85.6 cm³/mol. The Morgan fingerprint density at radius 1 is 1.40 bits per heavy atom. The summed E-state index contributed by atoms with van der Waals surface area (Å²) in [6.07, 6.45) is 2.97. The molecule has 2 rings (SSSR count). The van der Waals surface area contributed by atoms with Crippen LogP contribution in [0, 0.1) is 6.92 Å². The summed E-state index contributed by atoms with van der Waals surface area (Å²) in [5.74, 6) is 0.944. The third kappa shape index (κ3) is 3.23. The summed E-state index contributed by atoms with van der Waals surface area (Å²) in [5, 5.41) is 1.28. The van der Waals surface area contributed by atoms with Crippen molar-refractivity contribution in [3.8, 4) is 5.75 Å². The molecule has 0 bridgehead atoms. The van der Waals surface area contributed by atoms with Gasteiger partial charge in [0.25, 0.3) is 0 Å². The molecule has 0 saturated heterocycles. The van der Waals surface area contributed by atoms with Crippen LogP contribution >= 0.6 is 0 Å². The molecule has 0 aliphatic rings. The Morgan fingerprint density at radius 3 is 2.90 bits per heavy atom. The molecule has 1 heterocycles. The van der Waals surface area contributed by atoms with E-state index in [1.54, 1.807) is 0 Å². The Kier molecular flexibility index (Phi) is 4.85. The molecule has 1 N–H and O–H groups in total. The van der Waals surface area contributed by atoms with Crippen molar-refractivity contribution < 1.29 is 4.74 Å². The summed E-state index contributed by atoms with van der Waals surface area (Å²) in [5.41, 5.74) is 3.82. The molecule has 2 aromatic rings. The second kappa shape index (κ2) is 6.62. The van der Waals surface area contributed by atoms with Crippen molar-refractivity contribution in [2.75, 3.05) is 26.7 Å². The first kappa shape index (κ1) is 14.7. The Hall–Kier alpha value is -1.74. The number of aromatic amines is 1. The van der Waals surface area contributed by atoms with E-state index in [1.807, 2.05) is 19.1 Å². The molecule has 0 atom stereocenters. The van der Waals surface area contributed by atoms with Gasteiger partial charge in [0.15, 0.2) is 0 Å². The molecule has 0 amide bonds. The molecule has 0 aliphatic heterocycles. The van der Waals surface area contributed by atoms with Crippen molar-refractivity contribution in [2.45, 2.75) is 20.3 Å². The zero-order valence-electron chi connectivity index (χ0n) is 12.7. The van der Waals surface area contributed by atoms with Crippen molar-refractivity contribution in [1.82, 2.24) is 9.88 Å². The second-order valence-electron chi connectivity index (χ2n) is 5.17. The van der Waals surface area contributed by atoms with E-state index in [0.29, 0.717) is 6.61 Å². The molecule has 0 radical (unpaired) electrons. The fourth-order valence-corrected chi connectivity index (χ4v) is 2.55. The summed E-state index contributed by atoms with van der Waals surface area (Å²) >= 11 is 0. The van der Waals surface area contributed by atoms with E-state index in [-0.39, 0.29) is 0 Å². The number of aryl methyl sites for hydroxylation is 1. The molecule has 1 aromatic heterocycles. The van der Waals surface area contributed by atoms with Crippen molar-refractivity contribution in [1.29, 1.82) is 0 Å². The number of aromatic nitrogens is 1. The molecule has 3 heteroatoms. The molecule has 0 spiro atoms. The maximum absolute atomic E-state index is 5.60. The number of ether oxygens (including phenoxy) is 1. The van der Waals surface area contributed by atoms with Crippen LogP contribution in [-0.2, 0) is 6.42 Å². The monoisotopic (exact) mass is 272 g/mol. The smallest absolute Gasteiger partial charge is 0.120 e. The Bertz CT molecular complexity index is 586. The Morgan fingerprint density at radius 2 is 2.20 bits per heavy atom. The van der Waals surface area contributed by atoms with E-state index in [9.17, 15) is 0 Å². The quantitative estimate of drug-likeness (QED) is 0.781. The maximum Gasteiger partial charge on any atom is 0.120 e. The highest BCUT2D eigenvalue weighted by Gasteiger charge is 2.10. The first-order valence-electron chi connectivity index (χ1n) is 7.19. The van der Waals surface area contributed by atoms with Crippen LogP contribution in [0.3, 0.4) is 0 Å². The lowest BCUT2D eigenvalue weighted by Gasteiger charge is -2.14. The molecule has 0 aliphatic carbocycles. The Balaban J connectivity index is 2.24. The average Bonchev–Trinajstić information content (AvgIpc) is 2.72. The number of H-pyrrole nitrogens is 1. The van der Waals surface area contributed by atoms with Crippen LogP contribution in [0.4, 0.5) is 0 Å². The minimum atomic E-state index is 0.701. The number of likely N-dealkylation sites (N-methyl/N-ethyl adjacent to an activating group) is 1.